The fraction of sp³-hybridized carbons (Fsp3) is 1.00. The number of alkyl halides is 4. The summed E-state index contributed by atoms with van der Waals surface area (Å²) in [4.78, 5) is 0. The van der Waals surface area contributed by atoms with Crippen molar-refractivity contribution >= 4 is 55.1 Å². The summed E-state index contributed by atoms with van der Waals surface area (Å²) in [6, 6.07) is 0. The SMILES string of the molecule is ClC(Br)CC(Cl)Br. The summed E-state index contributed by atoms with van der Waals surface area (Å²) in [6.07, 6.45) is 0.725. The molecule has 0 aliphatic rings. The van der Waals surface area contributed by atoms with E-state index in [0.717, 1.165) is 6.42 Å². The number of hydrogen-bond donors (Lipinski definition) is 0. The molecule has 0 bridgehead atoms. The van der Waals surface area contributed by atoms with Gasteiger partial charge in [0.25, 0.3) is 0 Å². The van der Waals surface area contributed by atoms with E-state index >= 15 is 0 Å². The molecule has 0 N–H and O–H groups in total. The fourth-order valence-corrected chi connectivity index (χ4v) is 2.26. The van der Waals surface area contributed by atoms with Crippen molar-refractivity contribution in [2.45, 2.75) is 15.0 Å². The molecule has 0 nitrogen and oxygen atoms in total. The maximum Gasteiger partial charge on any atom is 0.0908 e. The molecule has 0 radical (unpaired) electrons. The molecule has 2 unspecified atom stereocenters. The Bertz CT molecular complexity index is 40.2. The molecule has 44 valence electrons. The Kier molecular flexibility index (Phi) is 5.39. The van der Waals surface area contributed by atoms with Crippen molar-refractivity contribution < 1.29 is 0 Å². The lowest BCUT2D eigenvalue weighted by Crippen LogP contribution is -1.92. The van der Waals surface area contributed by atoms with Crippen molar-refractivity contribution in [2.75, 3.05) is 0 Å². The van der Waals surface area contributed by atoms with E-state index in [0.29, 0.717) is 0 Å². The standard InChI is InChI=1S/C3H4Br2Cl2/c4-2(6)1-3(5)7/h2-3H,1H2. The predicted molar refractivity (Wildman–Crippen MR) is 41.8 cm³/mol. The van der Waals surface area contributed by atoms with Gasteiger partial charge in [0.15, 0.2) is 0 Å². The highest BCUT2D eigenvalue weighted by Gasteiger charge is 2.03. The molecule has 0 spiro atoms. The van der Waals surface area contributed by atoms with E-state index in [4.69, 9.17) is 23.2 Å². The number of halogens is 4. The Morgan fingerprint density at radius 1 is 1.14 bits per heavy atom. The van der Waals surface area contributed by atoms with E-state index in [1.807, 2.05) is 0 Å². The van der Waals surface area contributed by atoms with Crippen LogP contribution >= 0.6 is 55.1 Å². The lowest BCUT2D eigenvalue weighted by molar-refractivity contribution is 1.04. The van der Waals surface area contributed by atoms with Crippen LogP contribution in [0, 0.1) is 0 Å². The Balaban J connectivity index is 2.95. The largest absolute Gasteiger partial charge is 0.110 e. The van der Waals surface area contributed by atoms with Gasteiger partial charge in [0.05, 0.1) is 8.57 Å². The fourth-order valence-electron chi connectivity index (χ4n) is 0.135. The minimum atomic E-state index is -0.0191. The molecule has 0 fully saturated rings. The molecule has 0 amide bonds. The van der Waals surface area contributed by atoms with Crippen molar-refractivity contribution in [3.8, 4) is 0 Å². The molecule has 0 aliphatic heterocycles. The van der Waals surface area contributed by atoms with Crippen molar-refractivity contribution in [2.24, 2.45) is 0 Å². The van der Waals surface area contributed by atoms with Crippen LogP contribution < -0.4 is 0 Å². The lowest BCUT2D eigenvalue weighted by Gasteiger charge is -1.98. The summed E-state index contributed by atoms with van der Waals surface area (Å²) < 4.78 is -0.0382. The third kappa shape index (κ3) is 7.54. The maximum atomic E-state index is 5.47. The van der Waals surface area contributed by atoms with Gasteiger partial charge >= 0.3 is 0 Å². The zero-order chi connectivity index (χ0) is 5.86. The zero-order valence-corrected chi connectivity index (χ0v) is 8.06. The van der Waals surface area contributed by atoms with E-state index in [9.17, 15) is 0 Å². The van der Waals surface area contributed by atoms with Crippen molar-refractivity contribution in [3.05, 3.63) is 0 Å². The average Bonchev–Trinajstić information content (AvgIpc) is 1.27. The van der Waals surface area contributed by atoms with Crippen molar-refractivity contribution in [3.63, 3.8) is 0 Å². The van der Waals surface area contributed by atoms with Crippen molar-refractivity contribution in [1.82, 2.24) is 0 Å². The molecule has 0 aromatic rings. The predicted octanol–water partition coefficient (Wildman–Crippen LogP) is 3.30. The quantitative estimate of drug-likeness (QED) is 0.676. The van der Waals surface area contributed by atoms with Gasteiger partial charge in [0.2, 0.25) is 0 Å². The monoisotopic (exact) mass is 268 g/mol. The topological polar surface area (TPSA) is 0 Å². The summed E-state index contributed by atoms with van der Waals surface area (Å²) in [7, 11) is 0. The first-order valence-electron chi connectivity index (χ1n) is 1.69. The second-order valence-electron chi connectivity index (χ2n) is 1.02. The third-order valence-corrected chi connectivity index (χ3v) is 1.46. The molecule has 0 aliphatic carbocycles. The van der Waals surface area contributed by atoms with E-state index in [2.05, 4.69) is 31.9 Å². The van der Waals surface area contributed by atoms with Gasteiger partial charge in [0, 0.05) is 0 Å². The first-order chi connectivity index (χ1) is 3.13. The molecule has 0 rings (SSSR count). The second kappa shape index (κ2) is 4.42. The molecule has 0 saturated heterocycles. The minimum Gasteiger partial charge on any atom is -0.110 e. The van der Waals surface area contributed by atoms with Crippen LogP contribution in [0.25, 0.3) is 0 Å². The smallest absolute Gasteiger partial charge is 0.0908 e. The summed E-state index contributed by atoms with van der Waals surface area (Å²) in [5.41, 5.74) is 0. The number of rotatable bonds is 2. The van der Waals surface area contributed by atoms with E-state index < -0.39 is 0 Å². The molecular formula is C3H4Br2Cl2. The van der Waals surface area contributed by atoms with Gasteiger partial charge < -0.3 is 0 Å². The van der Waals surface area contributed by atoms with Gasteiger partial charge in [-0.2, -0.15) is 0 Å². The van der Waals surface area contributed by atoms with Crippen LogP contribution in [0.4, 0.5) is 0 Å². The molecular weight excluding hydrogens is 267 g/mol. The molecule has 2 atom stereocenters. The van der Waals surface area contributed by atoms with Crippen LogP contribution in [-0.2, 0) is 0 Å². The molecule has 0 aromatic carbocycles. The van der Waals surface area contributed by atoms with Crippen LogP contribution in [-0.4, -0.2) is 8.57 Å². The van der Waals surface area contributed by atoms with E-state index in [1.165, 1.54) is 0 Å². The van der Waals surface area contributed by atoms with Gasteiger partial charge in [-0.05, 0) is 6.42 Å². The Morgan fingerprint density at radius 2 is 1.43 bits per heavy atom. The first-order valence-corrected chi connectivity index (χ1v) is 4.39. The minimum absolute atomic E-state index is 0.0191. The Labute approximate surface area is 69.8 Å². The Morgan fingerprint density at radius 3 is 1.43 bits per heavy atom. The van der Waals surface area contributed by atoms with Crippen molar-refractivity contribution in [1.29, 1.82) is 0 Å². The van der Waals surface area contributed by atoms with Gasteiger partial charge in [-0.1, -0.05) is 31.9 Å². The van der Waals surface area contributed by atoms with Crippen LogP contribution in [0.5, 0.6) is 0 Å². The summed E-state index contributed by atoms with van der Waals surface area (Å²) >= 11 is 17.2. The number of hydrogen-bond acceptors (Lipinski definition) is 0. The van der Waals surface area contributed by atoms with Crippen LogP contribution in [0.2, 0.25) is 0 Å². The van der Waals surface area contributed by atoms with Gasteiger partial charge in [-0.3, -0.25) is 0 Å². The van der Waals surface area contributed by atoms with Gasteiger partial charge in [-0.15, -0.1) is 23.2 Å². The molecule has 7 heavy (non-hydrogen) atoms. The van der Waals surface area contributed by atoms with Crippen LogP contribution in [0.3, 0.4) is 0 Å². The molecule has 0 heterocycles. The highest BCUT2D eigenvalue weighted by atomic mass is 79.9. The molecule has 4 heteroatoms. The van der Waals surface area contributed by atoms with Crippen LogP contribution in [0.15, 0.2) is 0 Å². The lowest BCUT2D eigenvalue weighted by atomic mass is 10.6. The Hall–Kier alpha value is 1.54. The normalized spacial score (nSPS) is 18.9. The third-order valence-electron chi connectivity index (χ3n) is 0.356. The van der Waals surface area contributed by atoms with Gasteiger partial charge in [0.1, 0.15) is 0 Å². The second-order valence-corrected chi connectivity index (χ2v) is 5.34. The zero-order valence-electron chi connectivity index (χ0n) is 3.37. The molecule has 0 saturated carbocycles. The highest BCUT2D eigenvalue weighted by molar-refractivity contribution is 9.10. The van der Waals surface area contributed by atoms with E-state index in [-0.39, 0.29) is 8.57 Å². The summed E-state index contributed by atoms with van der Waals surface area (Å²) in [5, 5.41) is 0. The summed E-state index contributed by atoms with van der Waals surface area (Å²) in [5.74, 6) is 0. The first kappa shape index (κ1) is 8.54. The summed E-state index contributed by atoms with van der Waals surface area (Å²) in [6.45, 7) is 0. The highest BCUT2D eigenvalue weighted by Crippen LogP contribution is 2.19. The van der Waals surface area contributed by atoms with Gasteiger partial charge in [-0.25, -0.2) is 0 Å². The molecule has 0 aromatic heterocycles. The van der Waals surface area contributed by atoms with E-state index in [1.54, 1.807) is 0 Å². The maximum absolute atomic E-state index is 5.47. The van der Waals surface area contributed by atoms with Crippen LogP contribution in [0.1, 0.15) is 6.42 Å². The average molecular weight is 271 g/mol.